The van der Waals surface area contributed by atoms with Crippen LogP contribution in [0, 0.1) is 0 Å². The van der Waals surface area contributed by atoms with E-state index in [4.69, 9.17) is 0 Å². The van der Waals surface area contributed by atoms with Crippen molar-refractivity contribution in [2.45, 2.75) is 39.5 Å². The van der Waals surface area contributed by atoms with E-state index in [-0.39, 0.29) is 5.41 Å². The highest BCUT2D eigenvalue weighted by Crippen LogP contribution is 2.51. The molecule has 0 bridgehead atoms. The van der Waals surface area contributed by atoms with Crippen LogP contribution in [0.4, 0.5) is 0 Å². The second-order valence-corrected chi connectivity index (χ2v) is 9.03. The molecule has 0 nitrogen and oxygen atoms in total. The molecular formula is C36H34. The van der Waals surface area contributed by atoms with Crippen molar-refractivity contribution in [3.63, 3.8) is 0 Å². The van der Waals surface area contributed by atoms with Crippen LogP contribution in [0.3, 0.4) is 0 Å². The van der Waals surface area contributed by atoms with E-state index in [0.717, 1.165) is 6.42 Å². The molecule has 0 N–H and O–H groups in total. The normalized spacial score (nSPS) is 13.1. The van der Waals surface area contributed by atoms with Crippen molar-refractivity contribution >= 4 is 32.3 Å². The van der Waals surface area contributed by atoms with Crippen LogP contribution in [-0.2, 0) is 11.8 Å². The van der Waals surface area contributed by atoms with Crippen molar-refractivity contribution in [3.05, 3.63) is 144 Å². The highest BCUT2D eigenvalue weighted by Gasteiger charge is 2.42. The second kappa shape index (κ2) is 9.99. The topological polar surface area (TPSA) is 0 Å². The number of hydrogen-bond acceptors (Lipinski definition) is 0. The third-order valence-electron chi connectivity index (χ3n) is 7.39. The molecule has 178 valence electrons. The largest absolute Gasteiger partial charge is 0.0683 e. The Morgan fingerprint density at radius 2 is 0.917 bits per heavy atom. The minimum Gasteiger partial charge on any atom is -0.0683 e. The van der Waals surface area contributed by atoms with Gasteiger partial charge in [0.15, 0.2) is 0 Å². The molecule has 0 aromatic heterocycles. The maximum absolute atomic E-state index is 2.41. The van der Waals surface area contributed by atoms with Gasteiger partial charge in [-0.1, -0.05) is 137 Å². The van der Waals surface area contributed by atoms with Crippen molar-refractivity contribution in [2.24, 2.45) is 0 Å². The molecule has 0 saturated carbocycles. The zero-order valence-electron chi connectivity index (χ0n) is 21.8. The first-order valence-electron chi connectivity index (χ1n) is 13.3. The van der Waals surface area contributed by atoms with Gasteiger partial charge < -0.3 is 0 Å². The highest BCUT2D eigenvalue weighted by molar-refractivity contribution is 5.95. The minimum atomic E-state index is -0.197. The van der Waals surface area contributed by atoms with E-state index >= 15 is 0 Å². The zero-order chi connectivity index (χ0) is 25.1. The van der Waals surface area contributed by atoms with Gasteiger partial charge in [0.2, 0.25) is 0 Å². The smallest absolute Gasteiger partial charge is 0.0498 e. The van der Waals surface area contributed by atoms with Gasteiger partial charge in [0.05, 0.1) is 0 Å². The van der Waals surface area contributed by atoms with Crippen molar-refractivity contribution in [1.29, 1.82) is 0 Å². The Balaban J connectivity index is 0.000000637. The molecule has 6 aromatic carbocycles. The average Bonchev–Trinajstić information content (AvgIpc) is 3.32. The zero-order valence-corrected chi connectivity index (χ0v) is 21.8. The molecule has 0 saturated heterocycles. The fourth-order valence-electron chi connectivity index (χ4n) is 5.89. The molecule has 1 aliphatic rings. The number of hydrogen-bond donors (Lipinski definition) is 0. The Bertz CT molecular complexity index is 1570. The Labute approximate surface area is 215 Å². The lowest BCUT2D eigenvalue weighted by atomic mass is 9.69. The number of rotatable bonds is 2. The molecule has 6 aromatic rings. The molecule has 0 atom stereocenters. The molecule has 1 aliphatic carbocycles. The molecule has 0 spiro atoms. The van der Waals surface area contributed by atoms with Crippen LogP contribution in [-0.4, -0.2) is 0 Å². The summed E-state index contributed by atoms with van der Waals surface area (Å²) in [6.45, 7) is 8.00. The standard InChI is InChI=1S/C32H22.2C2H6/c1-3-9-25-19-28(17-15-22(25)7-1)32(29-18-16-23-8-2-4-10-26(23)20-29)21-27-13-5-11-24-12-6-14-30(32)31(24)27;2*1-2/h1-20H,21H2;2*1-2H3. The predicted octanol–water partition coefficient (Wildman–Crippen LogP) is 10.1. The Morgan fingerprint density at radius 3 is 1.47 bits per heavy atom. The van der Waals surface area contributed by atoms with Gasteiger partial charge >= 0.3 is 0 Å². The van der Waals surface area contributed by atoms with E-state index in [1.165, 1.54) is 54.6 Å². The van der Waals surface area contributed by atoms with Gasteiger partial charge in [0.1, 0.15) is 0 Å². The van der Waals surface area contributed by atoms with Crippen LogP contribution in [0.5, 0.6) is 0 Å². The molecule has 0 aliphatic heterocycles. The van der Waals surface area contributed by atoms with Crippen LogP contribution in [0.2, 0.25) is 0 Å². The van der Waals surface area contributed by atoms with Crippen molar-refractivity contribution < 1.29 is 0 Å². The lowest BCUT2D eigenvalue weighted by Gasteiger charge is -2.33. The predicted molar refractivity (Wildman–Crippen MR) is 158 cm³/mol. The first-order chi connectivity index (χ1) is 17.8. The number of benzene rings is 6. The lowest BCUT2D eigenvalue weighted by molar-refractivity contribution is 0.643. The third-order valence-corrected chi connectivity index (χ3v) is 7.39. The summed E-state index contributed by atoms with van der Waals surface area (Å²) < 4.78 is 0. The van der Waals surface area contributed by atoms with Crippen molar-refractivity contribution in [2.75, 3.05) is 0 Å². The first kappa shape index (κ1) is 23.8. The summed E-state index contributed by atoms with van der Waals surface area (Å²) in [7, 11) is 0. The van der Waals surface area contributed by atoms with Crippen LogP contribution >= 0.6 is 0 Å². The van der Waals surface area contributed by atoms with E-state index < -0.39 is 0 Å². The van der Waals surface area contributed by atoms with Gasteiger partial charge in [0.25, 0.3) is 0 Å². The minimum absolute atomic E-state index is 0.197. The molecule has 7 rings (SSSR count). The summed E-state index contributed by atoms with van der Waals surface area (Å²) in [6.07, 6.45) is 0.986. The third kappa shape index (κ3) is 3.69. The first-order valence-corrected chi connectivity index (χ1v) is 13.3. The summed E-state index contributed by atoms with van der Waals surface area (Å²) >= 11 is 0. The fourth-order valence-corrected chi connectivity index (χ4v) is 5.89. The maximum atomic E-state index is 2.41. The van der Waals surface area contributed by atoms with Crippen LogP contribution in [0.15, 0.2) is 121 Å². The summed E-state index contributed by atoms with van der Waals surface area (Å²) in [4.78, 5) is 0. The summed E-state index contributed by atoms with van der Waals surface area (Å²) in [5, 5.41) is 7.94. The van der Waals surface area contributed by atoms with E-state index in [9.17, 15) is 0 Å². The van der Waals surface area contributed by atoms with Crippen LogP contribution < -0.4 is 0 Å². The average molecular weight is 467 g/mol. The Kier molecular flexibility index (Phi) is 6.61. The molecule has 0 heteroatoms. The Morgan fingerprint density at radius 1 is 0.444 bits per heavy atom. The van der Waals surface area contributed by atoms with Gasteiger partial charge in [-0.2, -0.15) is 0 Å². The van der Waals surface area contributed by atoms with Crippen LogP contribution in [0.1, 0.15) is 49.9 Å². The van der Waals surface area contributed by atoms with E-state index in [1.807, 2.05) is 27.7 Å². The van der Waals surface area contributed by atoms with Gasteiger partial charge in [-0.05, 0) is 73.1 Å². The van der Waals surface area contributed by atoms with Crippen molar-refractivity contribution in [1.82, 2.24) is 0 Å². The lowest BCUT2D eigenvalue weighted by Crippen LogP contribution is -2.28. The van der Waals surface area contributed by atoms with E-state index in [1.54, 1.807) is 0 Å². The summed E-state index contributed by atoms with van der Waals surface area (Å²) in [6, 6.07) is 45.1. The molecule has 0 amide bonds. The highest BCUT2D eigenvalue weighted by atomic mass is 14.4. The fraction of sp³-hybridized carbons (Fsp3) is 0.167. The van der Waals surface area contributed by atoms with Gasteiger partial charge in [-0.25, -0.2) is 0 Å². The molecule has 0 radical (unpaired) electrons. The second-order valence-electron chi connectivity index (χ2n) is 9.03. The van der Waals surface area contributed by atoms with Gasteiger partial charge in [0, 0.05) is 5.41 Å². The molecule has 0 fully saturated rings. The summed E-state index contributed by atoms with van der Waals surface area (Å²) in [5.41, 5.74) is 5.41. The monoisotopic (exact) mass is 466 g/mol. The molecule has 0 unspecified atom stereocenters. The summed E-state index contributed by atoms with van der Waals surface area (Å²) in [5.74, 6) is 0. The van der Waals surface area contributed by atoms with Crippen molar-refractivity contribution in [3.8, 4) is 0 Å². The Hall–Kier alpha value is -3.90. The van der Waals surface area contributed by atoms with E-state index in [2.05, 4.69) is 121 Å². The van der Waals surface area contributed by atoms with Gasteiger partial charge in [-0.3, -0.25) is 0 Å². The van der Waals surface area contributed by atoms with E-state index in [0.29, 0.717) is 0 Å². The van der Waals surface area contributed by atoms with Crippen LogP contribution in [0.25, 0.3) is 32.3 Å². The molecule has 0 heterocycles. The van der Waals surface area contributed by atoms with Gasteiger partial charge in [-0.15, -0.1) is 0 Å². The molecular weight excluding hydrogens is 432 g/mol. The quantitative estimate of drug-likeness (QED) is 0.238. The molecule has 36 heavy (non-hydrogen) atoms. The maximum Gasteiger partial charge on any atom is 0.0498 e. The SMILES string of the molecule is CC.CC.c1ccc2cc(C3(c4ccc5ccccc5c4)Cc4cccc5cccc3c45)ccc2c1. The number of fused-ring (bicyclic) bond motifs is 2.